The van der Waals surface area contributed by atoms with Crippen LogP contribution in [-0.4, -0.2) is 66.5 Å². The molecular weight excluding hydrogens is 877 g/mol. The van der Waals surface area contributed by atoms with Crippen LogP contribution in [0.25, 0.3) is 0 Å². The van der Waals surface area contributed by atoms with E-state index in [0.717, 1.165) is 69.8 Å². The topological polar surface area (TPSA) is 128 Å². The number of piperidine rings is 1. The van der Waals surface area contributed by atoms with Gasteiger partial charge in [0.25, 0.3) is 0 Å². The molecule has 9 rings (SSSR count). The van der Waals surface area contributed by atoms with Crippen LogP contribution in [0.4, 0.5) is 0 Å². The van der Waals surface area contributed by atoms with Crippen LogP contribution in [0.5, 0.6) is 0 Å². The van der Waals surface area contributed by atoms with E-state index in [2.05, 4.69) is 67.3 Å². The Labute approximate surface area is 420 Å². The number of amides is 2. The van der Waals surface area contributed by atoms with Gasteiger partial charge in [-0.1, -0.05) is 105 Å². The molecule has 8 aliphatic rings. The van der Waals surface area contributed by atoms with Gasteiger partial charge in [0.1, 0.15) is 12.7 Å². The van der Waals surface area contributed by atoms with Crippen molar-refractivity contribution in [3.8, 4) is 0 Å². The van der Waals surface area contributed by atoms with E-state index >= 15 is 4.79 Å². The number of carbonyl (C=O) groups is 5. The highest BCUT2D eigenvalue weighted by Crippen LogP contribution is 2.78. The van der Waals surface area contributed by atoms with Gasteiger partial charge >= 0.3 is 17.9 Å². The van der Waals surface area contributed by atoms with Gasteiger partial charge < -0.3 is 24.4 Å². The van der Waals surface area contributed by atoms with Gasteiger partial charge in [-0.2, -0.15) is 0 Å². The lowest BCUT2D eigenvalue weighted by Gasteiger charge is -2.73. The fraction of sp³-hybridized carbons (Fsp3) is 0.783. The van der Waals surface area contributed by atoms with Gasteiger partial charge in [-0.15, -0.1) is 0 Å². The molecule has 0 aromatic heterocycles. The Morgan fingerprint density at radius 3 is 2.00 bits per heavy atom. The lowest BCUT2D eigenvalue weighted by atomic mass is 9.32. The maximum absolute atomic E-state index is 15.2. The van der Waals surface area contributed by atoms with E-state index in [1.807, 2.05) is 56.0 Å². The standard InChI is InChI=1S/C60H88N2O8/c1-13-68-50(64)38-24-31-62(32-25-38)49(63)41-34-46(55(41,6)7)61-53(67)60-28-21-39(36(2)3)48(60)40-19-20-45-57(10)26-23-47(56(8,9)44(57)22-27-59(45,12)58(40,11)29-30-60)70-52(66)43-33-42(54(43,4)5)51(65)69-35-37-17-15-14-16-18-37/h14-18,38-48H,2,13,19-35H2,1,3-12H3,(H,61,67)/t39-,40+,41-,42-,43+,44-,45+,46-,47-,48+,57-,58+,59+,60-/m0/s1. The molecule has 386 valence electrons. The Hall–Kier alpha value is -3.69. The summed E-state index contributed by atoms with van der Waals surface area (Å²) in [6, 6.07) is 9.66. The number of benzene rings is 1. The molecule has 0 spiro atoms. The second-order valence-electron chi connectivity index (χ2n) is 26.9. The summed E-state index contributed by atoms with van der Waals surface area (Å²) in [6.45, 7) is 31.3. The number of fused-ring (bicyclic) bond motifs is 7. The average Bonchev–Trinajstić information content (AvgIpc) is 3.72. The van der Waals surface area contributed by atoms with Crippen molar-refractivity contribution in [2.75, 3.05) is 19.7 Å². The molecule has 7 aliphatic carbocycles. The van der Waals surface area contributed by atoms with Crippen molar-refractivity contribution in [2.45, 2.75) is 185 Å². The minimum absolute atomic E-state index is 0.0619. The molecule has 14 atom stereocenters. The number of likely N-dealkylation sites (tertiary alicyclic amines) is 1. The molecule has 1 aromatic rings. The van der Waals surface area contributed by atoms with Crippen LogP contribution >= 0.6 is 0 Å². The van der Waals surface area contributed by atoms with Gasteiger partial charge in [-0.25, -0.2) is 0 Å². The van der Waals surface area contributed by atoms with Gasteiger partial charge in [0.2, 0.25) is 11.8 Å². The highest BCUT2D eigenvalue weighted by atomic mass is 16.5. The zero-order valence-corrected chi connectivity index (χ0v) is 44.9. The molecule has 10 nitrogen and oxygen atoms in total. The lowest BCUT2D eigenvalue weighted by Crippen LogP contribution is -2.68. The largest absolute Gasteiger partial charge is 0.466 e. The van der Waals surface area contributed by atoms with Crippen molar-refractivity contribution in [1.82, 2.24) is 10.2 Å². The number of hydrogen-bond donors (Lipinski definition) is 1. The summed E-state index contributed by atoms with van der Waals surface area (Å²) in [5, 5.41) is 3.64. The van der Waals surface area contributed by atoms with Crippen LogP contribution in [0.3, 0.4) is 0 Å². The highest BCUT2D eigenvalue weighted by molar-refractivity contribution is 5.86. The van der Waals surface area contributed by atoms with Gasteiger partial charge in [0, 0.05) is 30.5 Å². The van der Waals surface area contributed by atoms with Gasteiger partial charge in [0.15, 0.2) is 0 Å². The normalized spacial score (nSPS) is 41.1. The van der Waals surface area contributed by atoms with E-state index in [1.54, 1.807) is 0 Å². The van der Waals surface area contributed by atoms with Crippen LogP contribution in [0.15, 0.2) is 42.5 Å². The molecule has 1 saturated heterocycles. The summed E-state index contributed by atoms with van der Waals surface area (Å²) in [5.41, 5.74) is 0.857. The van der Waals surface area contributed by atoms with E-state index in [1.165, 1.54) is 5.57 Å². The number of nitrogens with zero attached hydrogens (tertiary/aromatic N) is 1. The summed E-state index contributed by atoms with van der Waals surface area (Å²) < 4.78 is 17.6. The van der Waals surface area contributed by atoms with Crippen molar-refractivity contribution in [3.05, 3.63) is 48.0 Å². The van der Waals surface area contributed by atoms with Crippen molar-refractivity contribution >= 4 is 29.7 Å². The molecule has 1 N–H and O–H groups in total. The van der Waals surface area contributed by atoms with Gasteiger partial charge in [-0.05, 0) is 166 Å². The summed E-state index contributed by atoms with van der Waals surface area (Å²) >= 11 is 0. The molecule has 1 aliphatic heterocycles. The molecule has 8 fully saturated rings. The molecule has 70 heavy (non-hydrogen) atoms. The zero-order chi connectivity index (χ0) is 50.6. The number of carbonyl (C=O) groups excluding carboxylic acids is 5. The zero-order valence-electron chi connectivity index (χ0n) is 44.9. The fourth-order valence-corrected chi connectivity index (χ4v) is 18.2. The summed E-state index contributed by atoms with van der Waals surface area (Å²) in [5.74, 6) is 0.732. The molecule has 1 heterocycles. The van der Waals surface area contributed by atoms with E-state index in [9.17, 15) is 19.2 Å². The van der Waals surface area contributed by atoms with E-state index < -0.39 is 10.8 Å². The number of hydrogen-bond acceptors (Lipinski definition) is 8. The van der Waals surface area contributed by atoms with Crippen LogP contribution in [0.1, 0.15) is 172 Å². The van der Waals surface area contributed by atoms with Crippen LogP contribution < -0.4 is 5.32 Å². The quantitative estimate of drug-likeness (QED) is 0.132. The average molecular weight is 965 g/mol. The Morgan fingerprint density at radius 1 is 0.671 bits per heavy atom. The van der Waals surface area contributed by atoms with Crippen LogP contribution in [-0.2, 0) is 44.8 Å². The molecule has 10 heteroatoms. The molecule has 7 saturated carbocycles. The third-order valence-electron chi connectivity index (χ3n) is 23.1. The lowest BCUT2D eigenvalue weighted by molar-refractivity contribution is -0.251. The predicted molar refractivity (Wildman–Crippen MR) is 270 cm³/mol. The fourth-order valence-electron chi connectivity index (χ4n) is 18.2. The number of allylic oxidation sites excluding steroid dienone is 1. The second kappa shape index (κ2) is 18.1. The third kappa shape index (κ3) is 7.84. The maximum atomic E-state index is 15.2. The number of esters is 3. The third-order valence-corrected chi connectivity index (χ3v) is 23.1. The first kappa shape index (κ1) is 51.2. The first-order valence-electron chi connectivity index (χ1n) is 27.7. The molecule has 0 bridgehead atoms. The number of nitrogens with one attached hydrogen (secondary N) is 1. The van der Waals surface area contributed by atoms with Crippen molar-refractivity contribution in [2.24, 2.45) is 91.2 Å². The van der Waals surface area contributed by atoms with Gasteiger partial charge in [0.05, 0.1) is 29.8 Å². The number of rotatable bonds is 11. The van der Waals surface area contributed by atoms with Crippen molar-refractivity contribution < 1.29 is 38.2 Å². The maximum Gasteiger partial charge on any atom is 0.309 e. The summed E-state index contributed by atoms with van der Waals surface area (Å²) in [6.07, 6.45) is 12.4. The highest BCUT2D eigenvalue weighted by Gasteiger charge is 2.73. The first-order valence-corrected chi connectivity index (χ1v) is 27.7. The van der Waals surface area contributed by atoms with Crippen molar-refractivity contribution in [1.29, 1.82) is 0 Å². The monoisotopic (exact) mass is 965 g/mol. The Balaban J connectivity index is 0.856. The van der Waals surface area contributed by atoms with Crippen molar-refractivity contribution in [3.63, 3.8) is 0 Å². The smallest absolute Gasteiger partial charge is 0.309 e. The van der Waals surface area contributed by atoms with Crippen LogP contribution in [0, 0.1) is 91.2 Å². The van der Waals surface area contributed by atoms with E-state index in [0.29, 0.717) is 69.1 Å². The minimum Gasteiger partial charge on any atom is -0.466 e. The molecule has 1 aromatic carbocycles. The minimum atomic E-state index is -0.538. The predicted octanol–water partition coefficient (Wildman–Crippen LogP) is 11.3. The molecule has 0 radical (unpaired) electrons. The Kier molecular flexibility index (Phi) is 13.2. The Morgan fingerprint density at radius 2 is 1.36 bits per heavy atom. The van der Waals surface area contributed by atoms with Gasteiger partial charge in [-0.3, -0.25) is 24.0 Å². The molecule has 2 amide bonds. The SMILES string of the molecule is C=C(C)[C@@H]1CC[C@]2(C(=O)N[C@H]3C[C@@H](C(=O)N4CCC(C(=O)OCC)CC4)C3(C)C)CC[C@]3(C)[C@H](CC[C@@H]4[C@@]5(C)CC[C@H](OC(=O)[C@H]6C[C@@H](C(=O)OCc7ccccc7)C6(C)C)C(C)(C)[C@@H]5CC[C@]43C)[C@@H]12. The molecular formula is C60H88N2O8. The molecule has 0 unspecified atom stereocenters. The summed E-state index contributed by atoms with van der Waals surface area (Å²) in [7, 11) is 0. The Bertz CT molecular complexity index is 2230. The first-order chi connectivity index (χ1) is 32.9. The van der Waals surface area contributed by atoms with Crippen LogP contribution in [0.2, 0.25) is 0 Å². The van der Waals surface area contributed by atoms with E-state index in [-0.39, 0.29) is 105 Å². The number of ether oxygens (including phenoxy) is 3. The summed E-state index contributed by atoms with van der Waals surface area (Å²) in [4.78, 5) is 70.9. The van der Waals surface area contributed by atoms with E-state index in [4.69, 9.17) is 14.2 Å². The second-order valence-corrected chi connectivity index (χ2v) is 26.9.